The van der Waals surface area contributed by atoms with E-state index in [-0.39, 0.29) is 5.92 Å². The largest absolute Gasteiger partial charge is 0.339 e. The summed E-state index contributed by atoms with van der Waals surface area (Å²) in [6.07, 6.45) is 3.65. The molecular formula is C13H23N3O. The molecule has 4 heteroatoms. The molecule has 96 valence electrons. The Morgan fingerprint density at radius 1 is 1.41 bits per heavy atom. The molecule has 3 unspecified atom stereocenters. The van der Waals surface area contributed by atoms with Gasteiger partial charge in [-0.2, -0.15) is 4.98 Å². The van der Waals surface area contributed by atoms with Crippen molar-refractivity contribution in [1.29, 1.82) is 0 Å². The third-order valence-electron chi connectivity index (χ3n) is 3.89. The highest BCUT2D eigenvalue weighted by atomic mass is 16.5. The predicted octanol–water partition coefficient (Wildman–Crippen LogP) is 2.67. The van der Waals surface area contributed by atoms with E-state index in [0.29, 0.717) is 18.4 Å². The highest BCUT2D eigenvalue weighted by Crippen LogP contribution is 2.37. The molecule has 0 bridgehead atoms. The lowest BCUT2D eigenvalue weighted by Crippen LogP contribution is -2.18. The third-order valence-corrected chi connectivity index (χ3v) is 3.89. The maximum Gasteiger partial charge on any atom is 0.231 e. The van der Waals surface area contributed by atoms with Crippen molar-refractivity contribution in [2.45, 2.75) is 51.9 Å². The molecule has 0 spiro atoms. The lowest BCUT2D eigenvalue weighted by Gasteiger charge is -2.13. The van der Waals surface area contributed by atoms with Crippen molar-refractivity contribution in [2.24, 2.45) is 17.6 Å². The summed E-state index contributed by atoms with van der Waals surface area (Å²) >= 11 is 0. The minimum absolute atomic E-state index is 0.190. The van der Waals surface area contributed by atoms with E-state index >= 15 is 0 Å². The van der Waals surface area contributed by atoms with Gasteiger partial charge in [-0.3, -0.25) is 0 Å². The Balaban J connectivity index is 2.10. The van der Waals surface area contributed by atoms with Gasteiger partial charge in [0.25, 0.3) is 0 Å². The summed E-state index contributed by atoms with van der Waals surface area (Å²) in [5.74, 6) is 3.52. The molecule has 4 nitrogen and oxygen atoms in total. The second kappa shape index (κ2) is 5.17. The molecule has 0 aromatic carbocycles. The molecule has 3 atom stereocenters. The second-order valence-electron chi connectivity index (χ2n) is 5.69. The molecule has 1 heterocycles. The number of hydrogen-bond acceptors (Lipinski definition) is 4. The van der Waals surface area contributed by atoms with Crippen LogP contribution in [0.25, 0.3) is 0 Å². The third kappa shape index (κ3) is 2.68. The average molecular weight is 237 g/mol. The van der Waals surface area contributed by atoms with E-state index in [0.717, 1.165) is 17.6 Å². The summed E-state index contributed by atoms with van der Waals surface area (Å²) in [4.78, 5) is 4.56. The molecule has 0 radical (unpaired) electrons. The van der Waals surface area contributed by atoms with Crippen LogP contribution in [0.15, 0.2) is 4.52 Å². The maximum atomic E-state index is 5.76. The molecule has 1 aliphatic rings. The zero-order chi connectivity index (χ0) is 12.4. The van der Waals surface area contributed by atoms with E-state index in [4.69, 9.17) is 10.3 Å². The van der Waals surface area contributed by atoms with Crippen LogP contribution in [0.3, 0.4) is 0 Å². The molecule has 1 saturated carbocycles. The monoisotopic (exact) mass is 237 g/mol. The van der Waals surface area contributed by atoms with Crippen LogP contribution in [0.5, 0.6) is 0 Å². The Kier molecular flexibility index (Phi) is 3.82. The molecule has 1 fully saturated rings. The van der Waals surface area contributed by atoms with Gasteiger partial charge in [-0.05, 0) is 31.1 Å². The lowest BCUT2D eigenvalue weighted by molar-refractivity contribution is 0.320. The Labute approximate surface area is 103 Å². The minimum Gasteiger partial charge on any atom is -0.339 e. The fourth-order valence-corrected chi connectivity index (χ4v) is 2.66. The summed E-state index contributed by atoms with van der Waals surface area (Å²) in [5.41, 5.74) is 5.76. The maximum absolute atomic E-state index is 5.76. The summed E-state index contributed by atoms with van der Waals surface area (Å²) in [6, 6.07) is 0. The molecular weight excluding hydrogens is 214 g/mol. The first kappa shape index (κ1) is 12.6. The Morgan fingerprint density at radius 3 is 2.71 bits per heavy atom. The smallest absolute Gasteiger partial charge is 0.231 e. The number of rotatable bonds is 4. The molecule has 1 aromatic heterocycles. The van der Waals surface area contributed by atoms with Crippen LogP contribution in [0.2, 0.25) is 0 Å². The van der Waals surface area contributed by atoms with Gasteiger partial charge in [0.05, 0.1) is 5.92 Å². The van der Waals surface area contributed by atoms with E-state index in [1.807, 2.05) is 0 Å². The van der Waals surface area contributed by atoms with Gasteiger partial charge in [-0.15, -0.1) is 0 Å². The van der Waals surface area contributed by atoms with Crippen LogP contribution in [-0.4, -0.2) is 16.7 Å². The first-order valence-corrected chi connectivity index (χ1v) is 6.65. The van der Waals surface area contributed by atoms with Gasteiger partial charge < -0.3 is 10.3 Å². The van der Waals surface area contributed by atoms with Crippen molar-refractivity contribution >= 4 is 0 Å². The Morgan fingerprint density at radius 2 is 2.18 bits per heavy atom. The zero-order valence-electron chi connectivity index (χ0n) is 11.0. The van der Waals surface area contributed by atoms with Gasteiger partial charge in [0.1, 0.15) is 0 Å². The average Bonchev–Trinajstić information content (AvgIpc) is 2.87. The molecule has 17 heavy (non-hydrogen) atoms. The van der Waals surface area contributed by atoms with E-state index in [1.165, 1.54) is 19.3 Å². The summed E-state index contributed by atoms with van der Waals surface area (Å²) in [7, 11) is 0. The molecule has 0 aliphatic heterocycles. The summed E-state index contributed by atoms with van der Waals surface area (Å²) < 4.78 is 5.39. The molecule has 2 rings (SSSR count). The molecule has 2 N–H and O–H groups in total. The van der Waals surface area contributed by atoms with E-state index in [1.54, 1.807) is 0 Å². The van der Waals surface area contributed by atoms with Crippen molar-refractivity contribution in [3.05, 3.63) is 11.7 Å². The standard InChI is InChI=1S/C13H23N3O/c1-8(2)11(7-14)13-15-12(16-17-13)10-5-4-9(3)6-10/h8-11H,4-7,14H2,1-3H3. The quantitative estimate of drug-likeness (QED) is 0.874. The van der Waals surface area contributed by atoms with Crippen LogP contribution < -0.4 is 5.73 Å². The van der Waals surface area contributed by atoms with Crippen molar-refractivity contribution < 1.29 is 4.52 Å². The molecule has 0 amide bonds. The van der Waals surface area contributed by atoms with Gasteiger partial charge in [0.15, 0.2) is 5.82 Å². The first-order valence-electron chi connectivity index (χ1n) is 6.65. The van der Waals surface area contributed by atoms with E-state index in [2.05, 4.69) is 30.9 Å². The second-order valence-corrected chi connectivity index (χ2v) is 5.69. The van der Waals surface area contributed by atoms with Crippen molar-refractivity contribution in [3.8, 4) is 0 Å². The molecule has 1 aromatic rings. The normalized spacial score (nSPS) is 26.6. The topological polar surface area (TPSA) is 64.9 Å². The molecule has 1 aliphatic carbocycles. The molecule has 0 saturated heterocycles. The SMILES string of the molecule is CC1CCC(c2noc(C(CN)C(C)C)n2)C1. The van der Waals surface area contributed by atoms with Crippen molar-refractivity contribution in [2.75, 3.05) is 6.54 Å². The van der Waals surface area contributed by atoms with Gasteiger partial charge in [-0.1, -0.05) is 25.9 Å². The van der Waals surface area contributed by atoms with Gasteiger partial charge in [0.2, 0.25) is 5.89 Å². The van der Waals surface area contributed by atoms with E-state index in [9.17, 15) is 0 Å². The summed E-state index contributed by atoms with van der Waals surface area (Å²) in [5, 5.41) is 4.14. The van der Waals surface area contributed by atoms with Gasteiger partial charge in [0, 0.05) is 12.5 Å². The minimum atomic E-state index is 0.190. The van der Waals surface area contributed by atoms with Crippen LogP contribution in [0, 0.1) is 11.8 Å². The zero-order valence-corrected chi connectivity index (χ0v) is 11.0. The van der Waals surface area contributed by atoms with Gasteiger partial charge >= 0.3 is 0 Å². The van der Waals surface area contributed by atoms with Crippen molar-refractivity contribution in [3.63, 3.8) is 0 Å². The van der Waals surface area contributed by atoms with Crippen LogP contribution in [0.4, 0.5) is 0 Å². The number of aromatic nitrogens is 2. The number of nitrogens with zero attached hydrogens (tertiary/aromatic N) is 2. The number of hydrogen-bond donors (Lipinski definition) is 1. The number of nitrogens with two attached hydrogens (primary N) is 1. The fourth-order valence-electron chi connectivity index (χ4n) is 2.66. The Hall–Kier alpha value is -0.900. The first-order chi connectivity index (χ1) is 8.11. The highest BCUT2D eigenvalue weighted by Gasteiger charge is 2.28. The van der Waals surface area contributed by atoms with Gasteiger partial charge in [-0.25, -0.2) is 0 Å². The highest BCUT2D eigenvalue weighted by molar-refractivity contribution is 5.02. The summed E-state index contributed by atoms with van der Waals surface area (Å²) in [6.45, 7) is 7.14. The Bertz CT molecular complexity index is 361. The lowest BCUT2D eigenvalue weighted by atomic mass is 9.96. The van der Waals surface area contributed by atoms with Crippen LogP contribution >= 0.6 is 0 Å². The fraction of sp³-hybridized carbons (Fsp3) is 0.846. The van der Waals surface area contributed by atoms with E-state index < -0.39 is 0 Å². The predicted molar refractivity (Wildman–Crippen MR) is 66.7 cm³/mol. The van der Waals surface area contributed by atoms with Crippen LogP contribution in [-0.2, 0) is 0 Å². The van der Waals surface area contributed by atoms with Crippen molar-refractivity contribution in [1.82, 2.24) is 10.1 Å². The van der Waals surface area contributed by atoms with Crippen LogP contribution in [0.1, 0.15) is 63.6 Å².